The molecule has 0 amide bonds. The van der Waals surface area contributed by atoms with Gasteiger partial charge in [0, 0.05) is 44.5 Å². The number of aliphatic imine (C=N–C) groups is 1. The zero-order valence-corrected chi connectivity index (χ0v) is 17.4. The first kappa shape index (κ1) is 19.7. The Balaban J connectivity index is 1.34. The molecular weight excluding hydrogens is 364 g/mol. The number of para-hydroxylation sites is 1. The van der Waals surface area contributed by atoms with Gasteiger partial charge in [-0.3, -0.25) is 4.99 Å². The number of fused-ring (bicyclic) bond motifs is 2. The molecule has 7 nitrogen and oxygen atoms in total. The van der Waals surface area contributed by atoms with Gasteiger partial charge in [-0.1, -0.05) is 24.6 Å². The Hall–Kier alpha value is -2.57. The van der Waals surface area contributed by atoms with Crippen LogP contribution in [0, 0.1) is 0 Å². The van der Waals surface area contributed by atoms with Gasteiger partial charge < -0.3 is 19.9 Å². The van der Waals surface area contributed by atoms with Crippen molar-refractivity contribution < 1.29 is 4.74 Å². The van der Waals surface area contributed by atoms with Crippen LogP contribution in [0.1, 0.15) is 62.3 Å². The Bertz CT molecular complexity index is 830. The van der Waals surface area contributed by atoms with Crippen LogP contribution in [0.15, 0.2) is 29.3 Å². The number of nitrogens with zero attached hydrogens (tertiary/aromatic N) is 4. The highest BCUT2D eigenvalue weighted by Gasteiger charge is 2.21. The Kier molecular flexibility index (Phi) is 6.64. The summed E-state index contributed by atoms with van der Waals surface area (Å²) in [7, 11) is 0. The van der Waals surface area contributed by atoms with Crippen molar-refractivity contribution in [2.24, 2.45) is 4.99 Å². The molecule has 0 saturated carbocycles. The molecule has 2 aromatic rings. The van der Waals surface area contributed by atoms with E-state index >= 15 is 0 Å². The number of aromatic nitrogens is 3. The molecule has 156 valence electrons. The molecule has 29 heavy (non-hydrogen) atoms. The number of ether oxygens (including phenoxy) is 1. The average molecular weight is 397 g/mol. The molecule has 0 aliphatic carbocycles. The van der Waals surface area contributed by atoms with E-state index in [-0.39, 0.29) is 6.04 Å². The minimum Gasteiger partial charge on any atom is -0.493 e. The van der Waals surface area contributed by atoms with Gasteiger partial charge in [-0.25, -0.2) is 0 Å². The van der Waals surface area contributed by atoms with Crippen LogP contribution < -0.4 is 15.4 Å². The predicted octanol–water partition coefficient (Wildman–Crippen LogP) is 3.02. The van der Waals surface area contributed by atoms with Gasteiger partial charge in [0.2, 0.25) is 0 Å². The van der Waals surface area contributed by atoms with Crippen LogP contribution in [0.2, 0.25) is 0 Å². The van der Waals surface area contributed by atoms with E-state index in [0.29, 0.717) is 0 Å². The van der Waals surface area contributed by atoms with Crippen LogP contribution in [0.25, 0.3) is 0 Å². The number of benzene rings is 1. The minimum atomic E-state index is 0.227. The summed E-state index contributed by atoms with van der Waals surface area (Å²) < 4.78 is 8.11. The number of rotatable bonds is 6. The lowest BCUT2D eigenvalue weighted by atomic mass is 10.0. The van der Waals surface area contributed by atoms with Gasteiger partial charge in [0.05, 0.1) is 12.6 Å². The SMILES string of the molecule is CCNC(=NCCCc1nnc2n1CCCCC2)NC1CCOc2ccccc21. The monoisotopic (exact) mass is 396 g/mol. The Labute approximate surface area is 173 Å². The first-order valence-electron chi connectivity index (χ1n) is 11.0. The van der Waals surface area contributed by atoms with E-state index in [4.69, 9.17) is 9.73 Å². The molecule has 1 unspecified atom stereocenters. The molecule has 1 atom stereocenters. The van der Waals surface area contributed by atoms with Crippen molar-refractivity contribution in [2.75, 3.05) is 19.7 Å². The van der Waals surface area contributed by atoms with Crippen molar-refractivity contribution in [1.29, 1.82) is 0 Å². The lowest BCUT2D eigenvalue weighted by Gasteiger charge is -2.28. The molecule has 2 aliphatic heterocycles. The maximum atomic E-state index is 5.77. The number of hydrogen-bond donors (Lipinski definition) is 2. The van der Waals surface area contributed by atoms with Gasteiger partial charge in [-0.05, 0) is 32.3 Å². The molecule has 0 fully saturated rings. The summed E-state index contributed by atoms with van der Waals surface area (Å²) >= 11 is 0. The van der Waals surface area contributed by atoms with Gasteiger partial charge >= 0.3 is 0 Å². The molecule has 2 N–H and O–H groups in total. The van der Waals surface area contributed by atoms with E-state index in [2.05, 4.69) is 44.5 Å². The fourth-order valence-electron chi connectivity index (χ4n) is 4.14. The molecule has 0 saturated heterocycles. The Morgan fingerprint density at radius 3 is 3.10 bits per heavy atom. The highest BCUT2D eigenvalue weighted by atomic mass is 16.5. The van der Waals surface area contributed by atoms with E-state index in [1.807, 2.05) is 12.1 Å². The van der Waals surface area contributed by atoms with Gasteiger partial charge in [0.1, 0.15) is 17.4 Å². The molecule has 7 heteroatoms. The Morgan fingerprint density at radius 2 is 2.17 bits per heavy atom. The van der Waals surface area contributed by atoms with Crippen molar-refractivity contribution in [3.8, 4) is 5.75 Å². The van der Waals surface area contributed by atoms with Crippen molar-refractivity contribution in [1.82, 2.24) is 25.4 Å². The third-order valence-electron chi connectivity index (χ3n) is 5.63. The first-order valence-corrected chi connectivity index (χ1v) is 11.0. The van der Waals surface area contributed by atoms with Crippen LogP contribution in [0.5, 0.6) is 5.75 Å². The number of nitrogens with one attached hydrogen (secondary N) is 2. The summed E-state index contributed by atoms with van der Waals surface area (Å²) in [4.78, 5) is 4.81. The van der Waals surface area contributed by atoms with Gasteiger partial charge in [-0.2, -0.15) is 0 Å². The molecule has 2 aliphatic rings. The normalized spacial score (nSPS) is 18.9. The quantitative estimate of drug-likeness (QED) is 0.446. The van der Waals surface area contributed by atoms with Crippen molar-refractivity contribution in [3.05, 3.63) is 41.5 Å². The zero-order valence-electron chi connectivity index (χ0n) is 17.4. The summed E-state index contributed by atoms with van der Waals surface area (Å²) in [6.07, 6.45) is 7.65. The lowest BCUT2D eigenvalue weighted by Crippen LogP contribution is -2.41. The highest BCUT2D eigenvalue weighted by Crippen LogP contribution is 2.31. The van der Waals surface area contributed by atoms with E-state index in [1.165, 1.54) is 24.8 Å². The topological polar surface area (TPSA) is 76.4 Å². The molecule has 1 aromatic carbocycles. The van der Waals surface area contributed by atoms with Crippen molar-refractivity contribution >= 4 is 5.96 Å². The first-order chi connectivity index (χ1) is 14.3. The number of hydrogen-bond acceptors (Lipinski definition) is 4. The van der Waals surface area contributed by atoms with Crippen molar-refractivity contribution in [3.63, 3.8) is 0 Å². The summed E-state index contributed by atoms with van der Waals surface area (Å²) in [5, 5.41) is 15.8. The van der Waals surface area contributed by atoms with E-state index in [1.54, 1.807) is 0 Å². The molecule has 0 spiro atoms. The molecule has 1 aromatic heterocycles. The second-order valence-electron chi connectivity index (χ2n) is 7.73. The standard InChI is InChI=1S/C22H32N6O/c1-2-23-22(25-18-13-16-29-19-10-6-5-9-17(18)19)24-14-8-12-21-27-26-20-11-4-3-7-15-28(20)21/h5-6,9-10,18H,2-4,7-8,11-16H2,1H3,(H2,23,24,25). The minimum absolute atomic E-state index is 0.227. The number of aryl methyl sites for hydroxylation is 2. The average Bonchev–Trinajstić information content (AvgIpc) is 2.97. The summed E-state index contributed by atoms with van der Waals surface area (Å²) in [6.45, 7) is 5.50. The smallest absolute Gasteiger partial charge is 0.191 e. The van der Waals surface area contributed by atoms with E-state index in [9.17, 15) is 0 Å². The van der Waals surface area contributed by atoms with Crippen LogP contribution in [-0.2, 0) is 19.4 Å². The molecule has 0 radical (unpaired) electrons. The lowest BCUT2D eigenvalue weighted by molar-refractivity contribution is 0.261. The third kappa shape index (κ3) is 4.89. The van der Waals surface area contributed by atoms with Crippen LogP contribution >= 0.6 is 0 Å². The second kappa shape index (κ2) is 9.76. The van der Waals surface area contributed by atoms with Crippen LogP contribution in [-0.4, -0.2) is 40.4 Å². The molecule has 3 heterocycles. The third-order valence-corrected chi connectivity index (χ3v) is 5.63. The van der Waals surface area contributed by atoms with Gasteiger partial charge in [0.15, 0.2) is 5.96 Å². The molecule has 4 rings (SSSR count). The summed E-state index contributed by atoms with van der Waals surface area (Å²) in [6, 6.07) is 8.48. The molecular formula is C22H32N6O. The molecule has 0 bridgehead atoms. The van der Waals surface area contributed by atoms with E-state index in [0.717, 1.165) is 75.3 Å². The van der Waals surface area contributed by atoms with Gasteiger partial charge in [0.25, 0.3) is 0 Å². The van der Waals surface area contributed by atoms with Gasteiger partial charge in [-0.15, -0.1) is 10.2 Å². The van der Waals surface area contributed by atoms with Crippen molar-refractivity contribution in [2.45, 2.75) is 64.5 Å². The fraction of sp³-hybridized carbons (Fsp3) is 0.591. The van der Waals surface area contributed by atoms with Crippen LogP contribution in [0.4, 0.5) is 0 Å². The predicted molar refractivity (Wildman–Crippen MR) is 114 cm³/mol. The largest absolute Gasteiger partial charge is 0.493 e. The maximum Gasteiger partial charge on any atom is 0.191 e. The zero-order chi connectivity index (χ0) is 19.9. The summed E-state index contributed by atoms with van der Waals surface area (Å²) in [5.74, 6) is 4.12. The van der Waals surface area contributed by atoms with Crippen LogP contribution in [0.3, 0.4) is 0 Å². The Morgan fingerprint density at radius 1 is 1.24 bits per heavy atom. The summed E-state index contributed by atoms with van der Waals surface area (Å²) in [5.41, 5.74) is 1.20. The highest BCUT2D eigenvalue weighted by molar-refractivity contribution is 5.80. The van der Waals surface area contributed by atoms with E-state index < -0.39 is 0 Å². The fourth-order valence-corrected chi connectivity index (χ4v) is 4.14. The second-order valence-corrected chi connectivity index (χ2v) is 7.73. The maximum absolute atomic E-state index is 5.77. The number of guanidine groups is 1.